The van der Waals surface area contributed by atoms with Crippen molar-refractivity contribution in [1.29, 1.82) is 5.26 Å². The van der Waals surface area contributed by atoms with Gasteiger partial charge < -0.3 is 25.8 Å². The summed E-state index contributed by atoms with van der Waals surface area (Å²) in [6.45, 7) is 2.67. The Balaban J connectivity index is 1.92. The summed E-state index contributed by atoms with van der Waals surface area (Å²) in [7, 11) is 0. The molecular formula is C19H19N5O3. The lowest BCUT2D eigenvalue weighted by Gasteiger charge is -2.35. The van der Waals surface area contributed by atoms with E-state index in [1.807, 2.05) is 0 Å². The van der Waals surface area contributed by atoms with Crippen LogP contribution in [0, 0.1) is 24.2 Å². The van der Waals surface area contributed by atoms with E-state index in [4.69, 9.17) is 11.0 Å². The van der Waals surface area contributed by atoms with Crippen LogP contribution in [0.15, 0.2) is 41.7 Å². The molecule has 0 saturated carbocycles. The van der Waals surface area contributed by atoms with E-state index in [2.05, 4.69) is 16.0 Å². The summed E-state index contributed by atoms with van der Waals surface area (Å²) in [5, 5.41) is 27.9. The smallest absolute Gasteiger partial charge is 0.255 e. The Hall–Kier alpha value is -3.73. The molecule has 1 aromatic heterocycles. The summed E-state index contributed by atoms with van der Waals surface area (Å²) in [5.74, 6) is -0.762. The SMILES string of the molecule is Cc1c(C(=O)N2CC(C#N)C2)c[nH]c1C(/C=C\N)=Nc1ccc(O)c(O)c1. The molecule has 1 fully saturated rings. The molecule has 1 aliphatic rings. The highest BCUT2D eigenvalue weighted by Gasteiger charge is 2.32. The maximum atomic E-state index is 12.6. The summed E-state index contributed by atoms with van der Waals surface area (Å²) in [6.07, 6.45) is 4.51. The predicted molar refractivity (Wildman–Crippen MR) is 99.8 cm³/mol. The number of nitrogens with zero attached hydrogens (tertiary/aromatic N) is 3. The van der Waals surface area contributed by atoms with Crippen LogP contribution in [0.1, 0.15) is 21.6 Å². The standard InChI is InChI=1S/C19H19N5O3/c1-11-14(19(27)24-9-12(7-21)10-24)8-22-18(11)15(4-5-20)23-13-2-3-16(25)17(26)6-13/h2-6,8,12,22,25-26H,9-10,20H2,1H3/b5-4-,23-15?. The van der Waals surface area contributed by atoms with Crippen molar-refractivity contribution >= 4 is 17.3 Å². The number of hydrogen-bond donors (Lipinski definition) is 4. The zero-order chi connectivity index (χ0) is 19.6. The lowest BCUT2D eigenvalue weighted by molar-refractivity contribution is 0.0577. The molecule has 0 aliphatic carbocycles. The van der Waals surface area contributed by atoms with E-state index in [0.717, 1.165) is 0 Å². The van der Waals surface area contributed by atoms with Crippen LogP contribution < -0.4 is 5.73 Å². The van der Waals surface area contributed by atoms with Crippen LogP contribution in [0.5, 0.6) is 11.5 Å². The molecule has 3 rings (SSSR count). The molecule has 0 spiro atoms. The highest BCUT2D eigenvalue weighted by Crippen LogP contribution is 2.30. The normalized spacial score (nSPS) is 15.0. The number of allylic oxidation sites excluding steroid dienone is 1. The number of aromatic amines is 1. The average Bonchev–Trinajstić information content (AvgIpc) is 2.98. The number of aliphatic imine (C=N–C) groups is 1. The van der Waals surface area contributed by atoms with Gasteiger partial charge in [0.1, 0.15) is 0 Å². The Morgan fingerprint density at radius 1 is 1.41 bits per heavy atom. The summed E-state index contributed by atoms with van der Waals surface area (Å²) in [6, 6.07) is 6.36. The molecule has 1 aliphatic heterocycles. The average molecular weight is 365 g/mol. The first-order valence-electron chi connectivity index (χ1n) is 8.30. The van der Waals surface area contributed by atoms with Crippen molar-refractivity contribution in [2.45, 2.75) is 6.92 Å². The van der Waals surface area contributed by atoms with E-state index >= 15 is 0 Å². The molecule has 2 heterocycles. The number of nitrogens with two attached hydrogens (primary N) is 1. The highest BCUT2D eigenvalue weighted by atomic mass is 16.3. The second-order valence-electron chi connectivity index (χ2n) is 6.27. The molecule has 1 aromatic carbocycles. The number of aromatic nitrogens is 1. The fourth-order valence-electron chi connectivity index (χ4n) is 2.87. The van der Waals surface area contributed by atoms with Gasteiger partial charge in [0.05, 0.1) is 34.6 Å². The second kappa shape index (κ2) is 7.25. The van der Waals surface area contributed by atoms with Crippen molar-refractivity contribution in [2.24, 2.45) is 16.6 Å². The van der Waals surface area contributed by atoms with Gasteiger partial charge in [-0.1, -0.05) is 0 Å². The molecule has 5 N–H and O–H groups in total. The summed E-state index contributed by atoms with van der Waals surface area (Å²) < 4.78 is 0. The third kappa shape index (κ3) is 3.48. The van der Waals surface area contributed by atoms with Gasteiger partial charge in [-0.3, -0.25) is 4.79 Å². The van der Waals surface area contributed by atoms with Crippen LogP contribution in [0.4, 0.5) is 5.69 Å². The van der Waals surface area contributed by atoms with E-state index < -0.39 is 0 Å². The van der Waals surface area contributed by atoms with Gasteiger partial charge in [-0.15, -0.1) is 0 Å². The lowest BCUT2D eigenvalue weighted by atomic mass is 10.00. The lowest BCUT2D eigenvalue weighted by Crippen LogP contribution is -2.49. The number of aromatic hydroxyl groups is 2. The monoisotopic (exact) mass is 365 g/mol. The zero-order valence-corrected chi connectivity index (χ0v) is 14.7. The van der Waals surface area contributed by atoms with Gasteiger partial charge in [0.25, 0.3) is 5.91 Å². The summed E-state index contributed by atoms with van der Waals surface area (Å²) >= 11 is 0. The Bertz CT molecular complexity index is 978. The number of amides is 1. The minimum Gasteiger partial charge on any atom is -0.504 e. The van der Waals surface area contributed by atoms with E-state index in [1.165, 1.54) is 18.3 Å². The van der Waals surface area contributed by atoms with Gasteiger partial charge in [0, 0.05) is 25.4 Å². The number of nitriles is 1. The molecular weight excluding hydrogens is 346 g/mol. The van der Waals surface area contributed by atoms with Crippen molar-refractivity contribution in [3.8, 4) is 17.6 Å². The second-order valence-corrected chi connectivity index (χ2v) is 6.27. The van der Waals surface area contributed by atoms with Gasteiger partial charge in [0.15, 0.2) is 11.5 Å². The van der Waals surface area contributed by atoms with Crippen molar-refractivity contribution in [3.63, 3.8) is 0 Å². The van der Waals surface area contributed by atoms with E-state index in [1.54, 1.807) is 30.2 Å². The molecule has 138 valence electrons. The van der Waals surface area contributed by atoms with Crippen LogP contribution in [-0.4, -0.2) is 44.8 Å². The fourth-order valence-corrected chi connectivity index (χ4v) is 2.87. The quantitative estimate of drug-likeness (QED) is 0.484. The van der Waals surface area contributed by atoms with Crippen LogP contribution >= 0.6 is 0 Å². The molecule has 8 heteroatoms. The maximum Gasteiger partial charge on any atom is 0.255 e. The highest BCUT2D eigenvalue weighted by molar-refractivity contribution is 6.11. The number of phenols is 2. The van der Waals surface area contributed by atoms with Crippen molar-refractivity contribution in [1.82, 2.24) is 9.88 Å². The Morgan fingerprint density at radius 2 is 2.15 bits per heavy atom. The number of hydrogen-bond acceptors (Lipinski definition) is 6. The first-order chi connectivity index (χ1) is 12.9. The topological polar surface area (TPSA) is 139 Å². The molecule has 0 radical (unpaired) electrons. The molecule has 27 heavy (non-hydrogen) atoms. The van der Waals surface area contributed by atoms with Crippen molar-refractivity contribution < 1.29 is 15.0 Å². The zero-order valence-electron chi connectivity index (χ0n) is 14.7. The van der Waals surface area contributed by atoms with Gasteiger partial charge in [-0.2, -0.15) is 5.26 Å². The number of H-pyrrole nitrogens is 1. The first-order valence-corrected chi connectivity index (χ1v) is 8.30. The van der Waals surface area contributed by atoms with Gasteiger partial charge in [0.2, 0.25) is 0 Å². The first kappa shape index (κ1) is 18.1. The van der Waals surface area contributed by atoms with Crippen molar-refractivity contribution in [2.75, 3.05) is 13.1 Å². The third-order valence-electron chi connectivity index (χ3n) is 4.44. The van der Waals surface area contributed by atoms with E-state index in [9.17, 15) is 15.0 Å². The predicted octanol–water partition coefficient (Wildman–Crippen LogP) is 1.92. The van der Waals surface area contributed by atoms with E-state index in [0.29, 0.717) is 41.3 Å². The Labute approximate surface area is 155 Å². The summed E-state index contributed by atoms with van der Waals surface area (Å²) in [4.78, 5) is 21.7. The molecule has 8 nitrogen and oxygen atoms in total. The van der Waals surface area contributed by atoms with Gasteiger partial charge >= 0.3 is 0 Å². The van der Waals surface area contributed by atoms with Crippen LogP contribution in [-0.2, 0) is 0 Å². The number of carbonyl (C=O) groups excluding carboxylic acids is 1. The van der Waals surface area contributed by atoms with Crippen molar-refractivity contribution in [3.05, 3.63) is 53.5 Å². The summed E-state index contributed by atoms with van der Waals surface area (Å²) in [5.41, 5.74) is 8.25. The minimum atomic E-state index is -0.281. The number of benzene rings is 1. The number of phenolic OH excluding ortho intramolecular Hbond substituents is 2. The van der Waals surface area contributed by atoms with E-state index in [-0.39, 0.29) is 23.3 Å². The Morgan fingerprint density at radius 3 is 2.78 bits per heavy atom. The largest absolute Gasteiger partial charge is 0.504 e. The fraction of sp³-hybridized carbons (Fsp3) is 0.211. The number of likely N-dealkylation sites (tertiary alicyclic amines) is 1. The number of carbonyl (C=O) groups is 1. The van der Waals surface area contributed by atoms with Crippen LogP contribution in [0.2, 0.25) is 0 Å². The molecule has 0 bridgehead atoms. The van der Waals surface area contributed by atoms with Crippen LogP contribution in [0.25, 0.3) is 0 Å². The molecule has 1 amide bonds. The van der Waals surface area contributed by atoms with Gasteiger partial charge in [-0.25, -0.2) is 4.99 Å². The van der Waals surface area contributed by atoms with Gasteiger partial charge in [-0.05, 0) is 36.9 Å². The third-order valence-corrected chi connectivity index (χ3v) is 4.44. The number of rotatable bonds is 4. The Kier molecular flexibility index (Phi) is 4.86. The number of nitrogens with one attached hydrogen (secondary N) is 1. The molecule has 1 saturated heterocycles. The molecule has 0 atom stereocenters. The molecule has 2 aromatic rings. The maximum absolute atomic E-state index is 12.6. The minimum absolute atomic E-state index is 0.105. The van der Waals surface area contributed by atoms with Crippen LogP contribution in [0.3, 0.4) is 0 Å². The molecule has 0 unspecified atom stereocenters.